The molecular formula is C16H16BrN3O2S. The average molecular weight is 394 g/mol. The number of benzene rings is 1. The van der Waals surface area contributed by atoms with Gasteiger partial charge in [0.25, 0.3) is 5.91 Å². The van der Waals surface area contributed by atoms with E-state index in [1.54, 1.807) is 24.4 Å². The number of rotatable bonds is 4. The molecule has 5 nitrogen and oxygen atoms in total. The van der Waals surface area contributed by atoms with Crippen molar-refractivity contribution >= 4 is 45.0 Å². The van der Waals surface area contributed by atoms with E-state index in [4.69, 9.17) is 17.0 Å². The van der Waals surface area contributed by atoms with E-state index in [1.165, 1.54) is 0 Å². The predicted molar refractivity (Wildman–Crippen MR) is 98.0 cm³/mol. The number of amides is 1. The second kappa shape index (κ2) is 8.03. The summed E-state index contributed by atoms with van der Waals surface area (Å²) in [5.41, 5.74) is 1.52. The minimum absolute atomic E-state index is 0.193. The van der Waals surface area contributed by atoms with Gasteiger partial charge in [-0.25, -0.2) is 4.98 Å². The van der Waals surface area contributed by atoms with Crippen LogP contribution in [0.1, 0.15) is 22.8 Å². The van der Waals surface area contributed by atoms with Gasteiger partial charge in [-0.15, -0.1) is 0 Å². The fourth-order valence-electron chi connectivity index (χ4n) is 1.84. The van der Waals surface area contributed by atoms with Crippen molar-refractivity contribution < 1.29 is 9.53 Å². The third-order valence-corrected chi connectivity index (χ3v) is 3.70. The summed E-state index contributed by atoms with van der Waals surface area (Å²) in [4.78, 5) is 16.3. The molecule has 1 heterocycles. The first kappa shape index (κ1) is 17.4. The summed E-state index contributed by atoms with van der Waals surface area (Å²) in [7, 11) is 0. The number of thiocarbonyl (C=S) groups is 1. The highest BCUT2D eigenvalue weighted by molar-refractivity contribution is 9.10. The van der Waals surface area contributed by atoms with Crippen LogP contribution in [-0.4, -0.2) is 22.6 Å². The Morgan fingerprint density at radius 2 is 2.13 bits per heavy atom. The molecule has 23 heavy (non-hydrogen) atoms. The molecule has 0 unspecified atom stereocenters. The molecule has 0 fully saturated rings. The van der Waals surface area contributed by atoms with E-state index >= 15 is 0 Å². The van der Waals surface area contributed by atoms with Crippen molar-refractivity contribution in [2.75, 3.05) is 11.9 Å². The van der Waals surface area contributed by atoms with Crippen LogP contribution in [0.2, 0.25) is 0 Å². The second-order valence-electron chi connectivity index (χ2n) is 4.70. The lowest BCUT2D eigenvalue weighted by atomic mass is 10.2. The number of halogens is 1. The van der Waals surface area contributed by atoms with Crippen LogP contribution >= 0.6 is 28.1 Å². The molecule has 7 heteroatoms. The number of anilines is 1. The first-order valence-electron chi connectivity index (χ1n) is 6.97. The zero-order valence-corrected chi connectivity index (χ0v) is 15.1. The molecule has 1 aromatic carbocycles. The Bertz CT molecular complexity index is 737. The van der Waals surface area contributed by atoms with Crippen LogP contribution in [0.3, 0.4) is 0 Å². The van der Waals surface area contributed by atoms with Crippen LogP contribution in [-0.2, 0) is 0 Å². The molecule has 0 aliphatic carbocycles. The Labute approximate surface area is 148 Å². The molecule has 0 aliphatic rings. The normalized spacial score (nSPS) is 10.0. The molecule has 0 bridgehead atoms. The van der Waals surface area contributed by atoms with Crippen LogP contribution in [0.5, 0.6) is 5.75 Å². The van der Waals surface area contributed by atoms with E-state index in [9.17, 15) is 4.79 Å². The van der Waals surface area contributed by atoms with Crippen molar-refractivity contribution in [3.05, 3.63) is 52.1 Å². The van der Waals surface area contributed by atoms with Crippen molar-refractivity contribution in [2.45, 2.75) is 13.8 Å². The number of aromatic nitrogens is 1. The van der Waals surface area contributed by atoms with Gasteiger partial charge in [-0.1, -0.05) is 0 Å². The molecule has 0 saturated carbocycles. The largest absolute Gasteiger partial charge is 0.493 e. The molecule has 0 radical (unpaired) electrons. The molecule has 0 aliphatic heterocycles. The number of aryl methyl sites for hydroxylation is 1. The molecule has 2 aromatic rings. The molecule has 0 saturated heterocycles. The van der Waals surface area contributed by atoms with Crippen molar-refractivity contribution in [3.8, 4) is 5.75 Å². The molecule has 1 aromatic heterocycles. The predicted octanol–water partition coefficient (Wildman–Crippen LogP) is 3.68. The Morgan fingerprint density at radius 1 is 1.35 bits per heavy atom. The van der Waals surface area contributed by atoms with E-state index in [1.807, 2.05) is 26.0 Å². The Hall–Kier alpha value is -1.99. The summed E-state index contributed by atoms with van der Waals surface area (Å²) in [6.45, 7) is 4.41. The van der Waals surface area contributed by atoms with Gasteiger partial charge in [-0.2, -0.15) is 0 Å². The first-order chi connectivity index (χ1) is 11.0. The highest BCUT2D eigenvalue weighted by Crippen LogP contribution is 2.25. The maximum atomic E-state index is 12.2. The zero-order valence-electron chi connectivity index (χ0n) is 12.7. The number of nitrogens with zero attached hydrogens (tertiary/aromatic N) is 1. The third-order valence-electron chi connectivity index (χ3n) is 2.88. The Morgan fingerprint density at radius 3 is 2.78 bits per heavy atom. The molecule has 0 atom stereocenters. The summed E-state index contributed by atoms with van der Waals surface area (Å²) in [5.74, 6) is 0.968. The molecule has 2 N–H and O–H groups in total. The molecule has 120 valence electrons. The maximum Gasteiger partial charge on any atom is 0.257 e. The number of carbonyl (C=O) groups is 1. The van der Waals surface area contributed by atoms with E-state index < -0.39 is 0 Å². The number of hydrogen-bond donors (Lipinski definition) is 2. The second-order valence-corrected chi connectivity index (χ2v) is 5.97. The number of ether oxygens (including phenoxy) is 1. The van der Waals surface area contributed by atoms with Crippen LogP contribution in [0.25, 0.3) is 0 Å². The van der Waals surface area contributed by atoms with Crippen LogP contribution in [0.4, 0.5) is 5.82 Å². The average Bonchev–Trinajstić information content (AvgIpc) is 2.49. The van der Waals surface area contributed by atoms with Gasteiger partial charge in [0, 0.05) is 11.8 Å². The number of nitrogens with one attached hydrogen (secondary N) is 2. The van der Waals surface area contributed by atoms with E-state index in [0.717, 1.165) is 5.56 Å². The summed E-state index contributed by atoms with van der Waals surface area (Å²) in [5, 5.41) is 5.70. The Kier molecular flexibility index (Phi) is 6.06. The van der Waals surface area contributed by atoms with Crippen LogP contribution < -0.4 is 15.4 Å². The van der Waals surface area contributed by atoms with E-state index in [0.29, 0.717) is 28.2 Å². The molecular weight excluding hydrogens is 378 g/mol. The highest BCUT2D eigenvalue weighted by Gasteiger charge is 2.11. The number of carbonyl (C=O) groups excluding carboxylic acids is 1. The summed E-state index contributed by atoms with van der Waals surface area (Å²) in [6.07, 6.45) is 1.67. The van der Waals surface area contributed by atoms with Crippen molar-refractivity contribution in [1.82, 2.24) is 10.3 Å². The number of pyridine rings is 1. The summed E-state index contributed by atoms with van der Waals surface area (Å²) >= 11 is 8.52. The van der Waals surface area contributed by atoms with Crippen molar-refractivity contribution in [2.24, 2.45) is 0 Å². The molecule has 1 amide bonds. The minimum Gasteiger partial charge on any atom is -0.493 e. The van der Waals surface area contributed by atoms with Crippen LogP contribution in [0.15, 0.2) is 41.0 Å². The van der Waals surface area contributed by atoms with Gasteiger partial charge in [0.1, 0.15) is 11.6 Å². The highest BCUT2D eigenvalue weighted by atomic mass is 79.9. The summed E-state index contributed by atoms with van der Waals surface area (Å²) < 4.78 is 6.13. The van der Waals surface area contributed by atoms with Gasteiger partial charge >= 0.3 is 0 Å². The lowest BCUT2D eigenvalue weighted by Crippen LogP contribution is -2.34. The quantitative estimate of drug-likeness (QED) is 0.775. The van der Waals surface area contributed by atoms with Crippen LogP contribution in [0, 0.1) is 6.92 Å². The topological polar surface area (TPSA) is 63.2 Å². The van der Waals surface area contributed by atoms with Crippen molar-refractivity contribution in [1.29, 1.82) is 0 Å². The van der Waals surface area contributed by atoms with E-state index in [-0.39, 0.29) is 11.0 Å². The van der Waals surface area contributed by atoms with Gasteiger partial charge in [0.2, 0.25) is 0 Å². The van der Waals surface area contributed by atoms with Gasteiger partial charge < -0.3 is 10.1 Å². The fourth-order valence-corrected chi connectivity index (χ4v) is 2.53. The lowest BCUT2D eigenvalue weighted by molar-refractivity contribution is 0.0977. The fraction of sp³-hybridized carbons (Fsp3) is 0.188. The Balaban J connectivity index is 2.01. The molecule has 0 spiro atoms. The van der Waals surface area contributed by atoms with Gasteiger partial charge in [0.15, 0.2) is 5.11 Å². The van der Waals surface area contributed by atoms with E-state index in [2.05, 4.69) is 31.5 Å². The standard InChI is InChI=1S/C16H16BrN3O2S/c1-3-22-13-5-4-11(9-12(13)17)15(21)20-16(23)19-14-8-10(2)6-7-18-14/h4-9H,3H2,1-2H3,(H2,18,19,20,21,23). The summed E-state index contributed by atoms with van der Waals surface area (Å²) in [6, 6.07) is 8.82. The zero-order chi connectivity index (χ0) is 16.8. The lowest BCUT2D eigenvalue weighted by Gasteiger charge is -2.11. The van der Waals surface area contributed by atoms with Gasteiger partial charge in [-0.3, -0.25) is 10.1 Å². The minimum atomic E-state index is -0.307. The van der Waals surface area contributed by atoms with Gasteiger partial charge in [-0.05, 0) is 77.9 Å². The van der Waals surface area contributed by atoms with Gasteiger partial charge in [0.05, 0.1) is 11.1 Å². The SMILES string of the molecule is CCOc1ccc(C(=O)NC(=S)Nc2cc(C)ccn2)cc1Br. The van der Waals surface area contributed by atoms with Crippen molar-refractivity contribution in [3.63, 3.8) is 0 Å². The smallest absolute Gasteiger partial charge is 0.257 e. The number of hydrogen-bond acceptors (Lipinski definition) is 4. The first-order valence-corrected chi connectivity index (χ1v) is 8.17. The monoisotopic (exact) mass is 393 g/mol. The third kappa shape index (κ3) is 5.01. The maximum absolute atomic E-state index is 12.2. The molecule has 2 rings (SSSR count).